The summed E-state index contributed by atoms with van der Waals surface area (Å²) in [4.78, 5) is 12.8. The van der Waals surface area contributed by atoms with Gasteiger partial charge in [-0.15, -0.1) is 0 Å². The third-order valence-corrected chi connectivity index (χ3v) is 3.58. The third-order valence-electron chi connectivity index (χ3n) is 2.53. The molecule has 0 radical (unpaired) electrons. The fraction of sp³-hybridized carbons (Fsp3) is 0.385. The maximum Gasteiger partial charge on any atom is 0.229 e. The van der Waals surface area contributed by atoms with Crippen LogP contribution >= 0.6 is 11.8 Å². The Morgan fingerprint density at radius 1 is 1.33 bits per heavy atom. The average Bonchev–Trinajstić information content (AvgIpc) is 2.38. The summed E-state index contributed by atoms with van der Waals surface area (Å²) in [5.74, 6) is -0.515. The Morgan fingerprint density at radius 2 is 1.94 bits per heavy atom. The van der Waals surface area contributed by atoms with Crippen LogP contribution in [-0.2, 0) is 4.79 Å². The number of nitrogens with one attached hydrogen (secondary N) is 1. The first-order chi connectivity index (χ1) is 8.60. The number of nitrogens with zero attached hydrogens (tertiary/aromatic N) is 1. The first kappa shape index (κ1) is 14.6. The van der Waals surface area contributed by atoms with Crippen LogP contribution in [0.5, 0.6) is 0 Å². The molecule has 1 amide bonds. The molecular weight excluding hydrogens is 248 g/mol. The molecule has 2 N–H and O–H groups in total. The summed E-state index contributed by atoms with van der Waals surface area (Å²) < 4.78 is 0. The molecule has 18 heavy (non-hydrogen) atoms. The van der Waals surface area contributed by atoms with Gasteiger partial charge in [0.25, 0.3) is 0 Å². The van der Waals surface area contributed by atoms with Crippen molar-refractivity contribution in [3.8, 4) is 0 Å². The minimum atomic E-state index is -0.440. The van der Waals surface area contributed by atoms with Gasteiger partial charge in [-0.2, -0.15) is 0 Å². The summed E-state index contributed by atoms with van der Waals surface area (Å²) >= 11 is 1.31. The Labute approximate surface area is 111 Å². The van der Waals surface area contributed by atoms with Gasteiger partial charge in [0.1, 0.15) is 5.04 Å². The van der Waals surface area contributed by atoms with Crippen molar-refractivity contribution < 1.29 is 10.0 Å². The summed E-state index contributed by atoms with van der Waals surface area (Å²) in [6.45, 7) is 3.85. The zero-order chi connectivity index (χ0) is 13.5. The molecule has 0 aliphatic rings. The number of amides is 1. The van der Waals surface area contributed by atoms with Gasteiger partial charge in [-0.05, 0) is 18.1 Å². The molecule has 4 nitrogen and oxygen atoms in total. The molecule has 1 rings (SSSR count). The number of hydrogen-bond donors (Lipinski definition) is 2. The zero-order valence-corrected chi connectivity index (χ0v) is 11.6. The molecule has 0 fully saturated rings. The minimum absolute atomic E-state index is 0.0621. The highest BCUT2D eigenvalue weighted by molar-refractivity contribution is 8.14. The number of benzene rings is 1. The normalized spacial score (nSPS) is 13.4. The number of thioether (sulfide) groups is 1. The molecule has 0 bridgehead atoms. The second-order valence-corrected chi connectivity index (χ2v) is 5.28. The first-order valence-electron chi connectivity index (χ1n) is 5.76. The summed E-state index contributed by atoms with van der Waals surface area (Å²) in [6.07, 6.45) is 0. The Hall–Kier alpha value is -1.49. The number of carbonyl (C=O) groups is 1. The fourth-order valence-corrected chi connectivity index (χ4v) is 2.69. The molecule has 0 aliphatic heterocycles. The molecule has 1 aromatic carbocycles. The van der Waals surface area contributed by atoms with Gasteiger partial charge in [0, 0.05) is 11.9 Å². The van der Waals surface area contributed by atoms with Crippen molar-refractivity contribution in [1.29, 1.82) is 0 Å². The molecule has 0 aliphatic carbocycles. The zero-order valence-electron chi connectivity index (χ0n) is 10.8. The molecule has 5 heteroatoms. The summed E-state index contributed by atoms with van der Waals surface area (Å²) in [5.41, 5.74) is 0. The Kier molecular flexibility index (Phi) is 5.71. The Bertz CT molecular complexity index is 418. The lowest BCUT2D eigenvalue weighted by Crippen LogP contribution is -2.35. The Balaban J connectivity index is 2.91. The van der Waals surface area contributed by atoms with Crippen LogP contribution in [0.25, 0.3) is 0 Å². The van der Waals surface area contributed by atoms with Crippen LogP contribution in [-0.4, -0.2) is 23.2 Å². The lowest BCUT2D eigenvalue weighted by molar-refractivity contribution is -0.123. The van der Waals surface area contributed by atoms with Gasteiger partial charge in [-0.1, -0.05) is 49.0 Å². The highest BCUT2D eigenvalue weighted by Crippen LogP contribution is 2.27. The summed E-state index contributed by atoms with van der Waals surface area (Å²) in [7, 11) is 1.58. The second-order valence-electron chi connectivity index (χ2n) is 4.19. The standard InChI is InChI=1S/C13H18N2O2S/c1-9(2)11(12(16)14-3)13(15-17)18-10-7-5-4-6-8-10/h4-9,11,17H,1-3H3,(H,14,16). The topological polar surface area (TPSA) is 61.7 Å². The van der Waals surface area contributed by atoms with Crippen molar-refractivity contribution in [2.24, 2.45) is 17.0 Å². The number of carbonyl (C=O) groups excluding carboxylic acids is 1. The SMILES string of the molecule is CNC(=O)C(C(=NO)Sc1ccccc1)C(C)C. The molecule has 1 unspecified atom stereocenters. The predicted molar refractivity (Wildman–Crippen MR) is 73.9 cm³/mol. The van der Waals surface area contributed by atoms with E-state index in [1.165, 1.54) is 11.8 Å². The van der Waals surface area contributed by atoms with Crippen LogP contribution in [0.4, 0.5) is 0 Å². The number of hydrogen-bond acceptors (Lipinski definition) is 4. The third kappa shape index (κ3) is 3.77. The van der Waals surface area contributed by atoms with E-state index in [1.54, 1.807) is 7.05 Å². The molecule has 0 saturated carbocycles. The van der Waals surface area contributed by atoms with Gasteiger partial charge < -0.3 is 10.5 Å². The van der Waals surface area contributed by atoms with Crippen molar-refractivity contribution in [2.75, 3.05) is 7.05 Å². The smallest absolute Gasteiger partial charge is 0.229 e. The molecule has 98 valence electrons. The van der Waals surface area contributed by atoms with Gasteiger partial charge in [0.15, 0.2) is 0 Å². The van der Waals surface area contributed by atoms with Crippen LogP contribution < -0.4 is 5.32 Å². The van der Waals surface area contributed by atoms with E-state index in [-0.39, 0.29) is 11.8 Å². The van der Waals surface area contributed by atoms with Crippen LogP contribution in [0, 0.1) is 11.8 Å². The maximum atomic E-state index is 11.8. The molecular formula is C13H18N2O2S. The van der Waals surface area contributed by atoms with E-state index in [1.807, 2.05) is 44.2 Å². The number of oxime groups is 1. The van der Waals surface area contributed by atoms with Crippen LogP contribution in [0.3, 0.4) is 0 Å². The summed E-state index contributed by atoms with van der Waals surface area (Å²) in [5, 5.41) is 15.4. The molecule has 0 heterocycles. The molecule has 0 saturated heterocycles. The van der Waals surface area contributed by atoms with Gasteiger partial charge in [-0.25, -0.2) is 0 Å². The van der Waals surface area contributed by atoms with Crippen molar-refractivity contribution >= 4 is 22.7 Å². The van der Waals surface area contributed by atoms with Crippen LogP contribution in [0.1, 0.15) is 13.8 Å². The van der Waals surface area contributed by atoms with E-state index < -0.39 is 5.92 Å². The minimum Gasteiger partial charge on any atom is -0.410 e. The molecule has 0 aromatic heterocycles. The lowest BCUT2D eigenvalue weighted by Gasteiger charge is -2.19. The van der Waals surface area contributed by atoms with Crippen LogP contribution in [0.2, 0.25) is 0 Å². The molecule has 1 atom stereocenters. The summed E-state index contributed by atoms with van der Waals surface area (Å²) in [6, 6.07) is 9.55. The Morgan fingerprint density at radius 3 is 2.39 bits per heavy atom. The van der Waals surface area contributed by atoms with Crippen molar-refractivity contribution in [3.05, 3.63) is 30.3 Å². The fourth-order valence-electron chi connectivity index (χ4n) is 1.61. The van der Waals surface area contributed by atoms with Gasteiger partial charge in [-0.3, -0.25) is 4.79 Å². The molecule has 1 aromatic rings. The van der Waals surface area contributed by atoms with E-state index in [2.05, 4.69) is 10.5 Å². The van der Waals surface area contributed by atoms with Crippen LogP contribution in [0.15, 0.2) is 40.4 Å². The first-order valence-corrected chi connectivity index (χ1v) is 6.58. The molecule has 0 spiro atoms. The van der Waals surface area contributed by atoms with Crippen molar-refractivity contribution in [3.63, 3.8) is 0 Å². The monoisotopic (exact) mass is 266 g/mol. The van der Waals surface area contributed by atoms with Gasteiger partial charge in [0.2, 0.25) is 5.91 Å². The lowest BCUT2D eigenvalue weighted by atomic mass is 9.96. The van der Waals surface area contributed by atoms with E-state index in [4.69, 9.17) is 5.21 Å². The van der Waals surface area contributed by atoms with E-state index in [0.717, 1.165) is 4.90 Å². The highest BCUT2D eigenvalue weighted by Gasteiger charge is 2.28. The quantitative estimate of drug-likeness (QED) is 0.289. The largest absolute Gasteiger partial charge is 0.410 e. The number of rotatable bonds is 4. The van der Waals surface area contributed by atoms with Gasteiger partial charge in [0.05, 0.1) is 5.92 Å². The van der Waals surface area contributed by atoms with E-state index in [0.29, 0.717) is 5.04 Å². The predicted octanol–water partition coefficient (Wildman–Crippen LogP) is 2.58. The average molecular weight is 266 g/mol. The van der Waals surface area contributed by atoms with Gasteiger partial charge >= 0.3 is 0 Å². The van der Waals surface area contributed by atoms with Crippen molar-refractivity contribution in [2.45, 2.75) is 18.7 Å². The highest BCUT2D eigenvalue weighted by atomic mass is 32.2. The van der Waals surface area contributed by atoms with E-state index in [9.17, 15) is 4.79 Å². The second kappa shape index (κ2) is 7.06. The van der Waals surface area contributed by atoms with Crippen molar-refractivity contribution in [1.82, 2.24) is 5.32 Å². The maximum absolute atomic E-state index is 11.8. The van der Waals surface area contributed by atoms with E-state index >= 15 is 0 Å².